The van der Waals surface area contributed by atoms with Gasteiger partial charge in [0, 0.05) is 45.1 Å². The van der Waals surface area contributed by atoms with Gasteiger partial charge in [-0.05, 0) is 49.4 Å². The Balaban J connectivity index is 1.18. The fourth-order valence-corrected chi connectivity index (χ4v) is 3.98. The molecule has 1 amide bonds. The predicted octanol–water partition coefficient (Wildman–Crippen LogP) is 2.96. The number of carbonyl (C=O) groups excluding carboxylic acids is 1. The summed E-state index contributed by atoms with van der Waals surface area (Å²) in [4.78, 5) is 20.9. The Morgan fingerprint density at radius 2 is 1.81 bits per heavy atom. The molecule has 2 aromatic heterocycles. The number of hydrogen-bond donors (Lipinski definition) is 0. The Bertz CT molecular complexity index is 704. The summed E-state index contributed by atoms with van der Waals surface area (Å²) in [5.41, 5.74) is 1.27. The largest absolute Gasteiger partial charge is 0.459 e. The lowest BCUT2D eigenvalue weighted by Crippen LogP contribution is -2.43. The van der Waals surface area contributed by atoms with Gasteiger partial charge in [0.25, 0.3) is 5.91 Å². The standard InChI is InChI=1S/C21H27N3O3/c25-21(20-4-2-14-26-20)24-12-7-19(8-13-24)27-18-5-10-23(11-6-18)16-17-3-1-9-22-15-17/h1-4,9,14-15,18-19H,5-8,10-13,16H2. The van der Waals surface area contributed by atoms with Crippen molar-refractivity contribution in [3.05, 3.63) is 54.2 Å². The van der Waals surface area contributed by atoms with Gasteiger partial charge in [0.1, 0.15) is 0 Å². The smallest absolute Gasteiger partial charge is 0.289 e. The lowest BCUT2D eigenvalue weighted by molar-refractivity contribution is -0.0630. The number of aromatic nitrogens is 1. The highest BCUT2D eigenvalue weighted by atomic mass is 16.5. The Morgan fingerprint density at radius 1 is 1.07 bits per heavy atom. The Labute approximate surface area is 160 Å². The molecule has 2 aromatic rings. The molecule has 2 saturated heterocycles. The summed E-state index contributed by atoms with van der Waals surface area (Å²) in [7, 11) is 0. The van der Waals surface area contributed by atoms with Crippen LogP contribution < -0.4 is 0 Å². The molecule has 4 rings (SSSR count). The van der Waals surface area contributed by atoms with E-state index in [4.69, 9.17) is 9.15 Å². The summed E-state index contributed by atoms with van der Waals surface area (Å²) in [6.45, 7) is 4.58. The maximum Gasteiger partial charge on any atom is 0.289 e. The van der Waals surface area contributed by atoms with E-state index >= 15 is 0 Å². The number of likely N-dealkylation sites (tertiary alicyclic amines) is 2. The second kappa shape index (κ2) is 8.67. The van der Waals surface area contributed by atoms with Crippen LogP contribution in [-0.4, -0.2) is 59.1 Å². The van der Waals surface area contributed by atoms with Gasteiger partial charge in [0.15, 0.2) is 5.76 Å². The topological polar surface area (TPSA) is 58.8 Å². The van der Waals surface area contributed by atoms with Gasteiger partial charge in [-0.1, -0.05) is 6.07 Å². The quantitative estimate of drug-likeness (QED) is 0.811. The van der Waals surface area contributed by atoms with Gasteiger partial charge in [-0.15, -0.1) is 0 Å². The second-order valence-corrected chi connectivity index (χ2v) is 7.44. The molecule has 0 aromatic carbocycles. The van der Waals surface area contributed by atoms with Crippen LogP contribution in [0.15, 0.2) is 47.3 Å². The predicted molar refractivity (Wildman–Crippen MR) is 101 cm³/mol. The number of nitrogens with zero attached hydrogens (tertiary/aromatic N) is 3. The molecule has 0 radical (unpaired) electrons. The van der Waals surface area contributed by atoms with Gasteiger partial charge in [-0.2, -0.15) is 0 Å². The van der Waals surface area contributed by atoms with Crippen LogP contribution in [0.5, 0.6) is 0 Å². The van der Waals surface area contributed by atoms with E-state index in [1.54, 1.807) is 18.4 Å². The molecule has 6 nitrogen and oxygen atoms in total. The van der Waals surface area contributed by atoms with Crippen LogP contribution in [0.25, 0.3) is 0 Å². The van der Waals surface area contributed by atoms with Gasteiger partial charge in [0.2, 0.25) is 0 Å². The van der Waals surface area contributed by atoms with E-state index in [2.05, 4.69) is 16.0 Å². The third-order valence-electron chi connectivity index (χ3n) is 5.51. The molecule has 2 aliphatic rings. The van der Waals surface area contributed by atoms with Crippen molar-refractivity contribution >= 4 is 5.91 Å². The summed E-state index contributed by atoms with van der Waals surface area (Å²) in [5.74, 6) is 0.414. The minimum Gasteiger partial charge on any atom is -0.459 e. The van der Waals surface area contributed by atoms with Crippen LogP contribution in [0, 0.1) is 0 Å². The molecule has 27 heavy (non-hydrogen) atoms. The molecule has 0 aliphatic carbocycles. The highest BCUT2D eigenvalue weighted by Crippen LogP contribution is 2.22. The van der Waals surface area contributed by atoms with Gasteiger partial charge in [-0.25, -0.2) is 0 Å². The molecular weight excluding hydrogens is 342 g/mol. The summed E-state index contributed by atoms with van der Waals surface area (Å²) in [6.07, 6.45) is 9.87. The minimum absolute atomic E-state index is 0.0119. The molecule has 144 valence electrons. The lowest BCUT2D eigenvalue weighted by atomic mass is 10.0. The van der Waals surface area contributed by atoms with Crippen molar-refractivity contribution in [1.29, 1.82) is 0 Å². The first-order valence-electron chi connectivity index (χ1n) is 9.87. The maximum atomic E-state index is 12.3. The van der Waals surface area contributed by atoms with E-state index in [-0.39, 0.29) is 12.0 Å². The van der Waals surface area contributed by atoms with E-state index in [0.29, 0.717) is 11.9 Å². The Kier molecular flexibility index (Phi) is 5.84. The van der Waals surface area contributed by atoms with Crippen LogP contribution in [0.3, 0.4) is 0 Å². The number of rotatable bonds is 5. The normalized spacial score (nSPS) is 20.1. The molecule has 6 heteroatoms. The van der Waals surface area contributed by atoms with Crippen LogP contribution in [0.2, 0.25) is 0 Å². The maximum absolute atomic E-state index is 12.3. The lowest BCUT2D eigenvalue weighted by Gasteiger charge is -2.37. The molecule has 0 saturated carbocycles. The first-order chi connectivity index (χ1) is 13.3. The molecule has 0 N–H and O–H groups in total. The highest BCUT2D eigenvalue weighted by molar-refractivity contribution is 5.91. The molecule has 4 heterocycles. The van der Waals surface area contributed by atoms with Crippen molar-refractivity contribution in [2.45, 2.75) is 44.4 Å². The third-order valence-corrected chi connectivity index (χ3v) is 5.51. The summed E-state index contributed by atoms with van der Waals surface area (Å²) in [6, 6.07) is 7.61. The molecule has 0 spiro atoms. The van der Waals surface area contributed by atoms with Crippen molar-refractivity contribution in [2.75, 3.05) is 26.2 Å². The number of hydrogen-bond acceptors (Lipinski definition) is 5. The second-order valence-electron chi connectivity index (χ2n) is 7.44. The number of piperidine rings is 2. The number of amides is 1. The van der Waals surface area contributed by atoms with Crippen molar-refractivity contribution in [1.82, 2.24) is 14.8 Å². The zero-order valence-electron chi connectivity index (χ0n) is 15.6. The Hall–Kier alpha value is -2.18. The number of pyridine rings is 1. The fourth-order valence-electron chi connectivity index (χ4n) is 3.98. The molecule has 0 atom stereocenters. The van der Waals surface area contributed by atoms with Crippen LogP contribution in [-0.2, 0) is 11.3 Å². The van der Waals surface area contributed by atoms with Crippen LogP contribution in [0.4, 0.5) is 0 Å². The zero-order valence-corrected chi connectivity index (χ0v) is 15.6. The van der Waals surface area contributed by atoms with Gasteiger partial charge in [0.05, 0.1) is 18.5 Å². The third kappa shape index (κ3) is 4.76. The fraction of sp³-hybridized carbons (Fsp3) is 0.524. The van der Waals surface area contributed by atoms with E-state index < -0.39 is 0 Å². The number of carbonyl (C=O) groups is 1. The van der Waals surface area contributed by atoms with Gasteiger partial charge < -0.3 is 14.1 Å². The average molecular weight is 369 g/mol. The molecule has 2 aliphatic heterocycles. The van der Waals surface area contributed by atoms with E-state index in [1.807, 2.05) is 23.4 Å². The Morgan fingerprint density at radius 3 is 2.44 bits per heavy atom. The van der Waals surface area contributed by atoms with Gasteiger partial charge >= 0.3 is 0 Å². The molecular formula is C21H27N3O3. The zero-order chi connectivity index (χ0) is 18.5. The summed E-state index contributed by atoms with van der Waals surface area (Å²) < 4.78 is 11.6. The van der Waals surface area contributed by atoms with E-state index in [1.165, 1.54) is 5.56 Å². The number of furan rings is 1. The van der Waals surface area contributed by atoms with Crippen LogP contribution in [0.1, 0.15) is 41.8 Å². The first kappa shape index (κ1) is 18.2. The monoisotopic (exact) mass is 369 g/mol. The van der Waals surface area contributed by atoms with Crippen molar-refractivity contribution in [3.8, 4) is 0 Å². The van der Waals surface area contributed by atoms with E-state index in [9.17, 15) is 4.79 Å². The van der Waals surface area contributed by atoms with Crippen molar-refractivity contribution in [3.63, 3.8) is 0 Å². The van der Waals surface area contributed by atoms with Crippen molar-refractivity contribution < 1.29 is 13.9 Å². The van der Waals surface area contributed by atoms with Crippen LogP contribution >= 0.6 is 0 Å². The minimum atomic E-state index is -0.0119. The van der Waals surface area contributed by atoms with Crippen molar-refractivity contribution in [2.24, 2.45) is 0 Å². The average Bonchev–Trinajstić information content (AvgIpc) is 3.25. The summed E-state index contributed by atoms with van der Waals surface area (Å²) >= 11 is 0. The summed E-state index contributed by atoms with van der Waals surface area (Å²) in [5, 5.41) is 0. The molecule has 2 fully saturated rings. The number of ether oxygens (including phenoxy) is 1. The highest BCUT2D eigenvalue weighted by Gasteiger charge is 2.28. The SMILES string of the molecule is O=C(c1ccco1)N1CCC(OC2CCN(Cc3cccnc3)CC2)CC1. The molecule has 0 bridgehead atoms. The molecule has 0 unspecified atom stereocenters. The first-order valence-corrected chi connectivity index (χ1v) is 9.87. The van der Waals surface area contributed by atoms with Gasteiger partial charge in [-0.3, -0.25) is 14.7 Å². The van der Waals surface area contributed by atoms with E-state index in [0.717, 1.165) is 58.4 Å².